The molecule has 1 unspecified atom stereocenters. The van der Waals surface area contributed by atoms with Gasteiger partial charge in [-0.2, -0.15) is 11.8 Å². The number of thioether (sulfide) groups is 1. The van der Waals surface area contributed by atoms with E-state index in [1.165, 1.54) is 12.1 Å². The molecule has 2 aromatic carbocycles. The number of anilines is 1. The molecule has 0 spiro atoms. The van der Waals surface area contributed by atoms with Gasteiger partial charge in [0.1, 0.15) is 11.1 Å². The molecule has 2 amide bonds. The first-order valence-electron chi connectivity index (χ1n) is 9.37. The van der Waals surface area contributed by atoms with E-state index in [9.17, 15) is 19.7 Å². The average Bonchev–Trinajstić information content (AvgIpc) is 2.71. The largest absolute Gasteiger partial charge is 0.340 e. The van der Waals surface area contributed by atoms with Crippen LogP contribution in [-0.2, 0) is 4.79 Å². The summed E-state index contributed by atoms with van der Waals surface area (Å²) >= 11 is 7.35. The van der Waals surface area contributed by atoms with Crippen LogP contribution in [0, 0.1) is 10.1 Å². The molecule has 1 atom stereocenters. The molecular formula is C21H24ClN3O4S. The molecule has 0 aliphatic carbocycles. The number of nitro groups is 1. The summed E-state index contributed by atoms with van der Waals surface area (Å²) in [4.78, 5) is 35.8. The Hall–Kier alpha value is -2.58. The molecule has 2 N–H and O–H groups in total. The van der Waals surface area contributed by atoms with Crippen LogP contribution in [0.5, 0.6) is 0 Å². The number of nitrogens with zero attached hydrogens (tertiary/aromatic N) is 1. The van der Waals surface area contributed by atoms with Crippen LogP contribution in [0.1, 0.15) is 42.1 Å². The minimum Gasteiger partial charge on any atom is -0.340 e. The third-order valence-corrected chi connectivity index (χ3v) is 5.45. The monoisotopic (exact) mass is 449 g/mol. The quantitative estimate of drug-likeness (QED) is 0.420. The minimum absolute atomic E-state index is 0.0573. The Kier molecular flexibility index (Phi) is 8.68. The van der Waals surface area contributed by atoms with E-state index in [1.807, 2.05) is 30.5 Å². The minimum atomic E-state index is -0.788. The van der Waals surface area contributed by atoms with Crippen LogP contribution in [-0.4, -0.2) is 34.8 Å². The van der Waals surface area contributed by atoms with Crippen molar-refractivity contribution in [1.82, 2.24) is 5.32 Å². The van der Waals surface area contributed by atoms with Crippen molar-refractivity contribution in [3.63, 3.8) is 0 Å². The van der Waals surface area contributed by atoms with Gasteiger partial charge in [-0.15, -0.1) is 0 Å². The molecule has 7 nitrogen and oxygen atoms in total. The van der Waals surface area contributed by atoms with Crippen LogP contribution in [0.15, 0.2) is 42.5 Å². The predicted molar refractivity (Wildman–Crippen MR) is 122 cm³/mol. The molecule has 2 aromatic rings. The number of nitro benzene ring substituents is 1. The summed E-state index contributed by atoms with van der Waals surface area (Å²) in [7, 11) is 0. The first-order valence-corrected chi connectivity index (χ1v) is 11.1. The highest BCUT2D eigenvalue weighted by molar-refractivity contribution is 7.98. The SMILES string of the molecule is CSCCC(NC(=O)c1ccc(Cl)c([N+](=O)[O-])c1)C(=O)Nc1ccc(C(C)C)cc1. The van der Waals surface area contributed by atoms with Gasteiger partial charge < -0.3 is 10.6 Å². The van der Waals surface area contributed by atoms with Crippen molar-refractivity contribution >= 4 is 46.6 Å². The highest BCUT2D eigenvalue weighted by Crippen LogP contribution is 2.25. The lowest BCUT2D eigenvalue weighted by Gasteiger charge is -2.18. The summed E-state index contributed by atoms with van der Waals surface area (Å²) in [6, 6.07) is 10.5. The Morgan fingerprint density at radius 3 is 2.40 bits per heavy atom. The van der Waals surface area contributed by atoms with Crippen molar-refractivity contribution in [2.45, 2.75) is 32.2 Å². The highest BCUT2D eigenvalue weighted by atomic mass is 35.5. The van der Waals surface area contributed by atoms with E-state index in [1.54, 1.807) is 11.8 Å². The van der Waals surface area contributed by atoms with E-state index >= 15 is 0 Å². The molecule has 0 radical (unpaired) electrons. The second kappa shape index (κ2) is 11.0. The van der Waals surface area contributed by atoms with Crippen molar-refractivity contribution in [2.24, 2.45) is 0 Å². The van der Waals surface area contributed by atoms with E-state index in [2.05, 4.69) is 24.5 Å². The predicted octanol–water partition coefficient (Wildman–Crippen LogP) is 4.86. The van der Waals surface area contributed by atoms with Gasteiger partial charge in [-0.1, -0.05) is 37.6 Å². The molecule has 0 aromatic heterocycles. The van der Waals surface area contributed by atoms with Crippen molar-refractivity contribution in [1.29, 1.82) is 0 Å². The van der Waals surface area contributed by atoms with Crippen molar-refractivity contribution in [2.75, 3.05) is 17.3 Å². The molecule has 30 heavy (non-hydrogen) atoms. The molecule has 0 aliphatic heterocycles. The second-order valence-corrected chi connectivity index (χ2v) is 8.39. The first-order chi connectivity index (χ1) is 14.2. The Balaban J connectivity index is 2.14. The lowest BCUT2D eigenvalue weighted by Crippen LogP contribution is -2.44. The van der Waals surface area contributed by atoms with E-state index in [0.29, 0.717) is 23.8 Å². The summed E-state index contributed by atoms with van der Waals surface area (Å²) in [5, 5.41) is 16.5. The zero-order chi connectivity index (χ0) is 22.3. The van der Waals surface area contributed by atoms with Gasteiger partial charge in [-0.25, -0.2) is 0 Å². The number of benzene rings is 2. The number of carbonyl (C=O) groups is 2. The number of amides is 2. The Morgan fingerprint density at radius 2 is 1.83 bits per heavy atom. The van der Waals surface area contributed by atoms with Crippen molar-refractivity contribution < 1.29 is 14.5 Å². The Labute approximate surface area is 184 Å². The van der Waals surface area contributed by atoms with E-state index in [4.69, 9.17) is 11.6 Å². The number of hydrogen-bond donors (Lipinski definition) is 2. The van der Waals surface area contributed by atoms with E-state index in [-0.39, 0.29) is 22.2 Å². The number of halogens is 1. The normalized spacial score (nSPS) is 11.8. The molecule has 9 heteroatoms. The van der Waals surface area contributed by atoms with Crippen LogP contribution in [0.25, 0.3) is 0 Å². The first kappa shape index (κ1) is 23.7. The Morgan fingerprint density at radius 1 is 1.17 bits per heavy atom. The summed E-state index contributed by atoms with van der Waals surface area (Å²) in [6.45, 7) is 4.17. The fourth-order valence-electron chi connectivity index (χ4n) is 2.72. The lowest BCUT2D eigenvalue weighted by molar-refractivity contribution is -0.384. The molecule has 0 aliphatic rings. The highest BCUT2D eigenvalue weighted by Gasteiger charge is 2.23. The van der Waals surface area contributed by atoms with E-state index < -0.39 is 16.9 Å². The summed E-state index contributed by atoms with van der Waals surface area (Å²) < 4.78 is 0. The van der Waals surface area contributed by atoms with Crippen molar-refractivity contribution in [3.05, 3.63) is 68.7 Å². The van der Waals surface area contributed by atoms with Crippen LogP contribution in [0.2, 0.25) is 5.02 Å². The maximum Gasteiger partial charge on any atom is 0.288 e. The van der Waals surface area contributed by atoms with Gasteiger partial charge in [-0.3, -0.25) is 19.7 Å². The van der Waals surface area contributed by atoms with Gasteiger partial charge in [-0.05, 0) is 54.2 Å². The van der Waals surface area contributed by atoms with E-state index in [0.717, 1.165) is 11.6 Å². The lowest BCUT2D eigenvalue weighted by atomic mass is 10.0. The molecule has 0 bridgehead atoms. The second-order valence-electron chi connectivity index (χ2n) is 7.00. The number of carbonyl (C=O) groups excluding carboxylic acids is 2. The van der Waals surface area contributed by atoms with Crippen LogP contribution < -0.4 is 10.6 Å². The van der Waals surface area contributed by atoms with Gasteiger partial charge in [0.05, 0.1) is 4.92 Å². The van der Waals surface area contributed by atoms with Crippen molar-refractivity contribution in [3.8, 4) is 0 Å². The van der Waals surface area contributed by atoms with Gasteiger partial charge >= 0.3 is 0 Å². The molecule has 0 fully saturated rings. The number of hydrogen-bond acceptors (Lipinski definition) is 5. The average molecular weight is 450 g/mol. The Bertz CT molecular complexity index is 919. The molecule has 0 saturated heterocycles. The maximum absolute atomic E-state index is 12.8. The zero-order valence-electron chi connectivity index (χ0n) is 17.0. The fourth-order valence-corrected chi connectivity index (χ4v) is 3.38. The topological polar surface area (TPSA) is 101 Å². The van der Waals surface area contributed by atoms with Crippen LogP contribution in [0.3, 0.4) is 0 Å². The number of nitrogens with one attached hydrogen (secondary N) is 2. The number of rotatable bonds is 9. The van der Waals surface area contributed by atoms with Gasteiger partial charge in [0.25, 0.3) is 11.6 Å². The molecule has 0 heterocycles. The maximum atomic E-state index is 12.8. The third-order valence-electron chi connectivity index (χ3n) is 4.48. The summed E-state index contributed by atoms with van der Waals surface area (Å²) in [5.74, 6) is 0.113. The van der Waals surface area contributed by atoms with Gasteiger partial charge in [0.2, 0.25) is 5.91 Å². The standard InChI is InChI=1S/C21H24ClN3O4S/c1-13(2)14-4-7-16(8-5-14)23-21(27)18(10-11-30-3)24-20(26)15-6-9-17(22)19(12-15)25(28)29/h4-9,12-13,18H,10-11H2,1-3H3,(H,23,27)(H,24,26). The van der Waals surface area contributed by atoms with Gasteiger partial charge in [0.15, 0.2) is 0 Å². The zero-order valence-corrected chi connectivity index (χ0v) is 18.5. The van der Waals surface area contributed by atoms with Crippen LogP contribution >= 0.6 is 23.4 Å². The van der Waals surface area contributed by atoms with Gasteiger partial charge in [0, 0.05) is 17.3 Å². The molecular weight excluding hydrogens is 426 g/mol. The fraction of sp³-hybridized carbons (Fsp3) is 0.333. The smallest absolute Gasteiger partial charge is 0.288 e. The van der Waals surface area contributed by atoms with Crippen LogP contribution in [0.4, 0.5) is 11.4 Å². The molecule has 2 rings (SSSR count). The molecule has 0 saturated carbocycles. The summed E-state index contributed by atoms with van der Waals surface area (Å²) in [5.41, 5.74) is 1.49. The summed E-state index contributed by atoms with van der Waals surface area (Å²) in [6.07, 6.45) is 2.32. The molecule has 160 valence electrons. The third kappa shape index (κ3) is 6.47.